The maximum Gasteiger partial charge on any atom is 0.248 e. The molecule has 5 heteroatoms. The van der Waals surface area contributed by atoms with Crippen molar-refractivity contribution in [2.24, 2.45) is 0 Å². The van der Waals surface area contributed by atoms with Crippen LogP contribution in [0, 0.1) is 19.7 Å². The maximum absolute atomic E-state index is 13.2. The first kappa shape index (κ1) is 20.5. The number of anilines is 1. The van der Waals surface area contributed by atoms with Gasteiger partial charge in [0.05, 0.1) is 11.4 Å². The van der Waals surface area contributed by atoms with Crippen molar-refractivity contribution in [2.75, 3.05) is 5.32 Å². The number of rotatable bonds is 4. The molecular weight excluding hydrogens is 365 g/mol. The summed E-state index contributed by atoms with van der Waals surface area (Å²) in [6.45, 7) is 10.3. The van der Waals surface area contributed by atoms with Crippen LogP contribution in [0.25, 0.3) is 11.8 Å². The number of aromatic nitrogens is 2. The van der Waals surface area contributed by atoms with Gasteiger partial charge in [0.2, 0.25) is 5.91 Å². The number of amides is 1. The number of aryl methyl sites for hydroxylation is 1. The first-order valence-electron chi connectivity index (χ1n) is 9.57. The Morgan fingerprint density at radius 3 is 2.24 bits per heavy atom. The fourth-order valence-electron chi connectivity index (χ4n) is 3.13. The molecule has 1 heterocycles. The van der Waals surface area contributed by atoms with Crippen molar-refractivity contribution in [3.05, 3.63) is 82.9 Å². The normalized spacial score (nSPS) is 11.8. The Kier molecular flexibility index (Phi) is 5.69. The SMILES string of the molecule is Cc1nn(-c2ccc(F)cc2)c(C)c1/C=C/C(=O)Nc1ccc(C(C)(C)C)cc1. The highest BCUT2D eigenvalue weighted by Gasteiger charge is 2.13. The molecule has 0 bridgehead atoms. The lowest BCUT2D eigenvalue weighted by Gasteiger charge is -2.19. The number of hydrogen-bond donors (Lipinski definition) is 1. The minimum Gasteiger partial charge on any atom is -0.323 e. The minimum atomic E-state index is -0.289. The quantitative estimate of drug-likeness (QED) is 0.590. The van der Waals surface area contributed by atoms with Crippen LogP contribution in [0.15, 0.2) is 54.6 Å². The van der Waals surface area contributed by atoms with Gasteiger partial charge in [0.25, 0.3) is 0 Å². The summed E-state index contributed by atoms with van der Waals surface area (Å²) in [5, 5.41) is 7.40. The zero-order valence-corrected chi connectivity index (χ0v) is 17.5. The molecule has 0 saturated carbocycles. The molecule has 0 unspecified atom stereocenters. The summed E-state index contributed by atoms with van der Waals surface area (Å²) in [6.07, 6.45) is 3.26. The molecule has 150 valence electrons. The molecule has 0 spiro atoms. The predicted octanol–water partition coefficient (Wildman–Crippen LogP) is 5.58. The zero-order valence-electron chi connectivity index (χ0n) is 17.5. The highest BCUT2D eigenvalue weighted by Crippen LogP contribution is 2.24. The Morgan fingerprint density at radius 2 is 1.66 bits per heavy atom. The smallest absolute Gasteiger partial charge is 0.248 e. The number of nitrogens with zero attached hydrogens (tertiary/aromatic N) is 2. The fourth-order valence-corrected chi connectivity index (χ4v) is 3.13. The van der Waals surface area contributed by atoms with Crippen LogP contribution in [-0.4, -0.2) is 15.7 Å². The van der Waals surface area contributed by atoms with Crippen molar-refractivity contribution in [2.45, 2.75) is 40.0 Å². The largest absolute Gasteiger partial charge is 0.323 e. The summed E-state index contributed by atoms with van der Waals surface area (Å²) in [4.78, 5) is 12.3. The Bertz CT molecular complexity index is 1040. The highest BCUT2D eigenvalue weighted by atomic mass is 19.1. The van der Waals surface area contributed by atoms with Crippen LogP contribution in [0.3, 0.4) is 0 Å². The second-order valence-electron chi connectivity index (χ2n) is 8.12. The van der Waals surface area contributed by atoms with Gasteiger partial charge in [0.15, 0.2) is 0 Å². The van der Waals surface area contributed by atoms with E-state index in [-0.39, 0.29) is 17.1 Å². The maximum atomic E-state index is 13.2. The van der Waals surface area contributed by atoms with Gasteiger partial charge in [-0.3, -0.25) is 4.79 Å². The first-order chi connectivity index (χ1) is 13.6. The van der Waals surface area contributed by atoms with Gasteiger partial charge in [-0.15, -0.1) is 0 Å². The van der Waals surface area contributed by atoms with E-state index in [2.05, 4.69) is 31.2 Å². The summed E-state index contributed by atoms with van der Waals surface area (Å²) in [5.41, 5.74) is 5.36. The highest BCUT2D eigenvalue weighted by molar-refractivity contribution is 6.02. The van der Waals surface area contributed by atoms with E-state index < -0.39 is 0 Å². The molecule has 0 aliphatic heterocycles. The zero-order chi connectivity index (χ0) is 21.2. The van der Waals surface area contributed by atoms with Crippen LogP contribution in [0.1, 0.15) is 43.3 Å². The number of carbonyl (C=O) groups is 1. The van der Waals surface area contributed by atoms with Crippen LogP contribution in [0.4, 0.5) is 10.1 Å². The van der Waals surface area contributed by atoms with Gasteiger partial charge in [-0.1, -0.05) is 32.9 Å². The summed E-state index contributed by atoms with van der Waals surface area (Å²) < 4.78 is 14.9. The Labute approximate surface area is 171 Å². The number of carbonyl (C=O) groups excluding carboxylic acids is 1. The predicted molar refractivity (Wildman–Crippen MR) is 116 cm³/mol. The number of halogens is 1. The average Bonchev–Trinajstić information content (AvgIpc) is 2.94. The van der Waals surface area contributed by atoms with Crippen molar-refractivity contribution < 1.29 is 9.18 Å². The lowest BCUT2D eigenvalue weighted by molar-refractivity contribution is -0.111. The van der Waals surface area contributed by atoms with Gasteiger partial charge in [-0.2, -0.15) is 5.10 Å². The average molecular weight is 391 g/mol. The van der Waals surface area contributed by atoms with E-state index in [0.29, 0.717) is 0 Å². The third kappa shape index (κ3) is 4.80. The van der Waals surface area contributed by atoms with Gasteiger partial charge in [0.1, 0.15) is 5.82 Å². The Morgan fingerprint density at radius 1 is 1.03 bits per heavy atom. The van der Waals surface area contributed by atoms with Crippen LogP contribution in [0.5, 0.6) is 0 Å². The third-order valence-corrected chi connectivity index (χ3v) is 4.84. The van der Waals surface area contributed by atoms with Gasteiger partial charge in [-0.25, -0.2) is 9.07 Å². The molecule has 1 aromatic heterocycles. The molecule has 0 fully saturated rings. The van der Waals surface area contributed by atoms with Crippen molar-refractivity contribution in [3.63, 3.8) is 0 Å². The van der Waals surface area contributed by atoms with Gasteiger partial charge in [0, 0.05) is 23.0 Å². The number of nitrogens with one attached hydrogen (secondary N) is 1. The second kappa shape index (κ2) is 8.03. The van der Waals surface area contributed by atoms with Crippen molar-refractivity contribution >= 4 is 17.7 Å². The van der Waals surface area contributed by atoms with Crippen LogP contribution in [0.2, 0.25) is 0 Å². The van der Waals surface area contributed by atoms with Gasteiger partial charge < -0.3 is 5.32 Å². The molecular formula is C24H26FN3O. The van der Waals surface area contributed by atoms with E-state index in [1.807, 2.05) is 38.1 Å². The second-order valence-corrected chi connectivity index (χ2v) is 8.12. The first-order valence-corrected chi connectivity index (χ1v) is 9.57. The van der Waals surface area contributed by atoms with Crippen LogP contribution < -0.4 is 5.32 Å². The van der Waals surface area contributed by atoms with E-state index in [0.717, 1.165) is 28.3 Å². The van der Waals surface area contributed by atoms with Crippen molar-refractivity contribution in [1.82, 2.24) is 9.78 Å². The van der Waals surface area contributed by atoms with E-state index in [4.69, 9.17) is 0 Å². The Balaban J connectivity index is 1.74. The van der Waals surface area contributed by atoms with E-state index >= 15 is 0 Å². The molecule has 0 atom stereocenters. The summed E-state index contributed by atoms with van der Waals surface area (Å²) in [5.74, 6) is -0.496. The van der Waals surface area contributed by atoms with Crippen molar-refractivity contribution in [1.29, 1.82) is 0 Å². The van der Waals surface area contributed by atoms with E-state index in [1.54, 1.807) is 22.9 Å². The van der Waals surface area contributed by atoms with E-state index in [9.17, 15) is 9.18 Å². The molecule has 0 aliphatic carbocycles. The summed E-state index contributed by atoms with van der Waals surface area (Å²) in [7, 11) is 0. The molecule has 2 aromatic carbocycles. The van der Waals surface area contributed by atoms with Crippen LogP contribution in [-0.2, 0) is 10.2 Å². The molecule has 3 aromatic rings. The summed E-state index contributed by atoms with van der Waals surface area (Å²) in [6, 6.07) is 14.0. The van der Waals surface area contributed by atoms with Crippen molar-refractivity contribution in [3.8, 4) is 5.69 Å². The van der Waals surface area contributed by atoms with Gasteiger partial charge >= 0.3 is 0 Å². The van der Waals surface area contributed by atoms with Gasteiger partial charge in [-0.05, 0) is 67.3 Å². The Hall–Kier alpha value is -3.21. The molecule has 0 aliphatic rings. The monoisotopic (exact) mass is 391 g/mol. The molecule has 0 saturated heterocycles. The summed E-state index contributed by atoms with van der Waals surface area (Å²) >= 11 is 0. The molecule has 1 amide bonds. The topological polar surface area (TPSA) is 46.9 Å². The molecule has 4 nitrogen and oxygen atoms in total. The van der Waals surface area contributed by atoms with Crippen LogP contribution >= 0.6 is 0 Å². The number of hydrogen-bond acceptors (Lipinski definition) is 2. The molecule has 1 N–H and O–H groups in total. The standard InChI is InChI=1S/C24H26FN3O/c1-16-22(17(2)28(27-16)21-12-8-19(25)9-13-21)14-15-23(29)26-20-10-6-18(7-11-20)24(3,4)5/h6-15H,1-5H3,(H,26,29)/b15-14+. The lowest BCUT2D eigenvalue weighted by atomic mass is 9.87. The molecule has 3 rings (SSSR count). The third-order valence-electron chi connectivity index (χ3n) is 4.84. The minimum absolute atomic E-state index is 0.0716. The molecule has 0 radical (unpaired) electrons. The van der Waals surface area contributed by atoms with E-state index in [1.165, 1.54) is 23.8 Å². The molecule has 29 heavy (non-hydrogen) atoms. The fraction of sp³-hybridized carbons (Fsp3) is 0.250. The number of benzene rings is 2. The lowest BCUT2D eigenvalue weighted by Crippen LogP contribution is -2.12.